The van der Waals surface area contributed by atoms with Crippen LogP contribution < -0.4 is 23.5 Å². The number of rotatable bonds is 0. The van der Waals surface area contributed by atoms with Crippen molar-refractivity contribution < 1.29 is 33.8 Å². The minimum atomic E-state index is -4.94. The van der Waals surface area contributed by atoms with E-state index in [-0.39, 0.29) is 5.41 Å². The van der Waals surface area contributed by atoms with Gasteiger partial charge in [-0.25, -0.2) is 18.6 Å². The Hall–Kier alpha value is -0.950. The van der Waals surface area contributed by atoms with E-state index < -0.39 is 10.2 Å². The zero-order chi connectivity index (χ0) is 15.0. The van der Waals surface area contributed by atoms with E-state index in [0.717, 1.165) is 0 Å². The minimum Gasteiger partial charge on any atom is -0.273 e. The van der Waals surface area contributed by atoms with Crippen LogP contribution >= 0.6 is 0 Å². The topological polar surface area (TPSA) is 96.7 Å². The van der Waals surface area contributed by atoms with Crippen LogP contribution in [0.15, 0.2) is 36.0 Å². The van der Waals surface area contributed by atoms with Crippen molar-refractivity contribution in [3.63, 3.8) is 0 Å². The molecule has 0 bridgehead atoms. The molecule has 5 nitrogen and oxygen atoms in total. The molecular formula is C14H18ClNO4. The first-order valence-corrected chi connectivity index (χ1v) is 7.73. The van der Waals surface area contributed by atoms with Crippen LogP contribution in [0.2, 0.25) is 0 Å². The zero-order valence-corrected chi connectivity index (χ0v) is 12.3. The van der Waals surface area contributed by atoms with Crippen LogP contribution in [0.4, 0.5) is 5.69 Å². The van der Waals surface area contributed by atoms with E-state index in [1.165, 1.54) is 30.6 Å². The van der Waals surface area contributed by atoms with Crippen molar-refractivity contribution in [2.24, 2.45) is 0 Å². The summed E-state index contributed by atoms with van der Waals surface area (Å²) < 4.78 is 34.0. The molecular weight excluding hydrogens is 282 g/mol. The van der Waals surface area contributed by atoms with Gasteiger partial charge in [-0.05, 0) is 32.4 Å². The maximum absolute atomic E-state index is 8.49. The summed E-state index contributed by atoms with van der Waals surface area (Å²) >= 11 is 0. The highest BCUT2D eigenvalue weighted by Crippen LogP contribution is 2.39. The highest BCUT2D eigenvalue weighted by Gasteiger charge is 2.45. The third-order valence-corrected chi connectivity index (χ3v) is 3.90. The van der Waals surface area contributed by atoms with Gasteiger partial charge in [0.25, 0.3) is 0 Å². The predicted molar refractivity (Wildman–Crippen MR) is 62.3 cm³/mol. The first-order chi connectivity index (χ1) is 9.21. The molecule has 1 atom stereocenters. The molecule has 0 aromatic heterocycles. The number of benzene rings is 1. The predicted octanol–water partition coefficient (Wildman–Crippen LogP) is -2.58. The lowest BCUT2D eigenvalue weighted by Crippen LogP contribution is -3.05. The van der Waals surface area contributed by atoms with Crippen LogP contribution in [0.25, 0.3) is 0 Å². The van der Waals surface area contributed by atoms with E-state index >= 15 is 0 Å². The summed E-state index contributed by atoms with van der Waals surface area (Å²) in [6, 6.07) is 8.92. The summed E-state index contributed by atoms with van der Waals surface area (Å²) in [7, 11) is -4.94. The summed E-state index contributed by atoms with van der Waals surface area (Å²) in [5, 5.41) is 0. The van der Waals surface area contributed by atoms with Crippen molar-refractivity contribution in [2.45, 2.75) is 32.1 Å². The van der Waals surface area contributed by atoms with E-state index in [4.69, 9.17) is 18.6 Å². The van der Waals surface area contributed by atoms with Crippen molar-refractivity contribution in [2.75, 3.05) is 6.54 Å². The van der Waals surface area contributed by atoms with Crippen LogP contribution in [-0.4, -0.2) is 6.54 Å². The molecule has 0 saturated carbocycles. The minimum absolute atomic E-state index is 0.242. The average molecular weight is 300 g/mol. The fourth-order valence-electron chi connectivity index (χ4n) is 3.13. The first kappa shape index (κ1) is 15.4. The van der Waals surface area contributed by atoms with Gasteiger partial charge in [0.05, 0.1) is 12.0 Å². The lowest BCUT2D eigenvalue weighted by molar-refractivity contribution is -2.00. The van der Waals surface area contributed by atoms with Gasteiger partial charge in [0.2, 0.25) is 0 Å². The Morgan fingerprint density at radius 2 is 1.70 bits per heavy atom. The standard InChI is InChI=1S/C14H17N.ClHO4/c1-14(2)11-7-3-4-8-12(11)15-10-6-5-9-13(14)15;2-1(3,4)5/h3-4,7-9H,5-6,10H2,1-2H3;(H,2,3,4,5). The van der Waals surface area contributed by atoms with Crippen molar-refractivity contribution in [1.29, 1.82) is 0 Å². The number of hydrogen-bond donors (Lipinski definition) is 1. The summed E-state index contributed by atoms with van der Waals surface area (Å²) in [5.41, 5.74) is 4.86. The Morgan fingerprint density at radius 1 is 1.10 bits per heavy atom. The Kier molecular flexibility index (Phi) is 4.20. The summed E-state index contributed by atoms with van der Waals surface area (Å²) in [6.07, 6.45) is 5.04. The fraction of sp³-hybridized carbons (Fsp3) is 0.429. The molecule has 6 heteroatoms. The van der Waals surface area contributed by atoms with Crippen molar-refractivity contribution in [3.05, 3.63) is 41.6 Å². The normalized spacial score (nSPS) is 23.1. The molecule has 20 heavy (non-hydrogen) atoms. The van der Waals surface area contributed by atoms with Crippen LogP contribution in [0.5, 0.6) is 0 Å². The maximum atomic E-state index is 8.49. The molecule has 0 radical (unpaired) electrons. The number of hydrogen-bond acceptors (Lipinski definition) is 4. The van der Waals surface area contributed by atoms with Gasteiger partial charge in [0.15, 0.2) is 0 Å². The van der Waals surface area contributed by atoms with E-state index in [2.05, 4.69) is 44.2 Å². The number of nitrogens with one attached hydrogen (secondary N) is 1. The molecule has 2 heterocycles. The quantitative estimate of drug-likeness (QED) is 0.569. The third-order valence-electron chi connectivity index (χ3n) is 3.90. The number of quaternary nitrogens is 1. The number of fused-ring (bicyclic) bond motifs is 3. The number of allylic oxidation sites excluding steroid dienone is 2. The van der Waals surface area contributed by atoms with Gasteiger partial charge in [-0.3, -0.25) is 4.90 Å². The van der Waals surface area contributed by atoms with Crippen molar-refractivity contribution in [1.82, 2.24) is 0 Å². The molecule has 110 valence electrons. The number of para-hydroxylation sites is 1. The van der Waals surface area contributed by atoms with Gasteiger partial charge in [0.1, 0.15) is 11.4 Å². The molecule has 0 saturated heterocycles. The largest absolute Gasteiger partial charge is 0.273 e. The summed E-state index contributed by atoms with van der Waals surface area (Å²) in [4.78, 5) is 1.61. The first-order valence-electron chi connectivity index (χ1n) is 6.50. The molecule has 1 aromatic carbocycles. The summed E-state index contributed by atoms with van der Waals surface area (Å²) in [5.74, 6) is 0. The highest BCUT2D eigenvalue weighted by atomic mass is 35.7. The van der Waals surface area contributed by atoms with Gasteiger partial charge >= 0.3 is 0 Å². The molecule has 2 aliphatic rings. The smallest absolute Gasteiger partial charge is 0.140 e. The lowest BCUT2D eigenvalue weighted by atomic mass is 9.83. The third kappa shape index (κ3) is 3.20. The molecule has 0 spiro atoms. The van der Waals surface area contributed by atoms with Gasteiger partial charge in [-0.15, -0.1) is 10.2 Å². The second kappa shape index (κ2) is 5.44. The Balaban J connectivity index is 0.000000257. The molecule has 0 aliphatic carbocycles. The van der Waals surface area contributed by atoms with Crippen LogP contribution in [0, 0.1) is 10.2 Å². The molecule has 1 unspecified atom stereocenters. The Labute approximate surface area is 120 Å². The molecule has 1 aromatic rings. The Bertz CT molecular complexity index is 516. The second-order valence-corrected chi connectivity index (χ2v) is 6.29. The lowest BCUT2D eigenvalue weighted by Gasteiger charge is -2.24. The number of halogens is 1. The van der Waals surface area contributed by atoms with Crippen LogP contribution in [0.3, 0.4) is 0 Å². The maximum Gasteiger partial charge on any atom is 0.140 e. The second-order valence-electron chi connectivity index (χ2n) is 5.54. The van der Waals surface area contributed by atoms with E-state index in [1.807, 2.05) is 0 Å². The average Bonchev–Trinajstić information content (AvgIpc) is 2.58. The van der Waals surface area contributed by atoms with Crippen LogP contribution in [0.1, 0.15) is 32.3 Å². The monoisotopic (exact) mass is 299 g/mol. The van der Waals surface area contributed by atoms with Gasteiger partial charge in [-0.2, -0.15) is 0 Å². The SMILES string of the molecule is CC1(C)C2=CCCC[NH+]2c2ccccc21.[O-][Cl+3]([O-])([O-])[O-]. The van der Waals surface area contributed by atoms with Gasteiger partial charge in [0, 0.05) is 12.0 Å². The molecule has 0 amide bonds. The molecule has 2 aliphatic heterocycles. The van der Waals surface area contributed by atoms with Gasteiger partial charge in [-0.1, -0.05) is 18.2 Å². The van der Waals surface area contributed by atoms with Gasteiger partial charge < -0.3 is 0 Å². The highest BCUT2D eigenvalue weighted by molar-refractivity contribution is 5.52. The molecule has 0 fully saturated rings. The van der Waals surface area contributed by atoms with E-state index in [1.54, 1.807) is 10.6 Å². The molecule has 1 N–H and O–H groups in total. The van der Waals surface area contributed by atoms with E-state index in [0.29, 0.717) is 0 Å². The van der Waals surface area contributed by atoms with Crippen molar-refractivity contribution in [3.8, 4) is 0 Å². The fourth-order valence-corrected chi connectivity index (χ4v) is 3.13. The molecule has 3 rings (SSSR count). The zero-order valence-electron chi connectivity index (χ0n) is 11.5. The Morgan fingerprint density at radius 3 is 2.35 bits per heavy atom. The van der Waals surface area contributed by atoms with E-state index in [9.17, 15) is 0 Å². The summed E-state index contributed by atoms with van der Waals surface area (Å²) in [6.45, 7) is 5.98. The van der Waals surface area contributed by atoms with Crippen LogP contribution in [-0.2, 0) is 5.41 Å². The van der Waals surface area contributed by atoms with Crippen molar-refractivity contribution >= 4 is 5.69 Å².